The van der Waals surface area contributed by atoms with Crippen LogP contribution < -0.4 is 4.74 Å². The molecule has 1 heterocycles. The maximum absolute atomic E-state index is 12.7. The van der Waals surface area contributed by atoms with Crippen LogP contribution in [0.25, 0.3) is 0 Å². The first kappa shape index (κ1) is 14.2. The average Bonchev–Trinajstić information content (AvgIpc) is 2.18. The van der Waals surface area contributed by atoms with Crippen LogP contribution in [0.3, 0.4) is 0 Å². The molecule has 0 spiro atoms. The standard InChI is InChI=1S/C10H12BrF3N2O/c1-16(2)3-4-17-8-6-15-9(11)5-7(8)10(12,13)14/h5-6H,3-4H2,1-2H3. The molecule has 1 rings (SSSR count). The monoisotopic (exact) mass is 312 g/mol. The van der Waals surface area contributed by atoms with E-state index in [1.165, 1.54) is 0 Å². The second-order valence-electron chi connectivity index (χ2n) is 3.65. The molecule has 0 unspecified atom stereocenters. The summed E-state index contributed by atoms with van der Waals surface area (Å²) in [5.74, 6) is -0.248. The van der Waals surface area contributed by atoms with E-state index in [1.807, 2.05) is 19.0 Å². The number of alkyl halides is 3. The first-order valence-electron chi connectivity index (χ1n) is 4.81. The van der Waals surface area contributed by atoms with Crippen molar-refractivity contribution >= 4 is 15.9 Å². The summed E-state index contributed by atoms with van der Waals surface area (Å²) in [6.07, 6.45) is -3.37. The normalized spacial score (nSPS) is 11.9. The topological polar surface area (TPSA) is 25.4 Å². The Bertz CT molecular complexity index is 382. The summed E-state index contributed by atoms with van der Waals surface area (Å²) in [6, 6.07) is 0.908. The molecule has 0 aliphatic carbocycles. The van der Waals surface area contributed by atoms with Gasteiger partial charge in [0.2, 0.25) is 0 Å². The van der Waals surface area contributed by atoms with Gasteiger partial charge in [-0.25, -0.2) is 4.98 Å². The number of hydrogen-bond acceptors (Lipinski definition) is 3. The Hall–Kier alpha value is -0.820. The van der Waals surface area contributed by atoms with Gasteiger partial charge in [-0.3, -0.25) is 0 Å². The zero-order chi connectivity index (χ0) is 13.1. The Labute approximate surface area is 106 Å². The number of halogens is 4. The predicted octanol–water partition coefficient (Wildman–Crippen LogP) is 2.80. The second-order valence-corrected chi connectivity index (χ2v) is 4.47. The Morgan fingerprint density at radius 3 is 2.59 bits per heavy atom. The fraction of sp³-hybridized carbons (Fsp3) is 0.500. The highest BCUT2D eigenvalue weighted by atomic mass is 79.9. The lowest BCUT2D eigenvalue weighted by molar-refractivity contribution is -0.139. The van der Waals surface area contributed by atoms with Crippen LogP contribution in [-0.2, 0) is 6.18 Å². The molecule has 0 aliphatic rings. The molecule has 96 valence electrons. The first-order chi connectivity index (χ1) is 7.80. The predicted molar refractivity (Wildman–Crippen MR) is 61.0 cm³/mol. The number of aromatic nitrogens is 1. The lowest BCUT2D eigenvalue weighted by atomic mass is 10.2. The van der Waals surface area contributed by atoms with E-state index in [2.05, 4.69) is 20.9 Å². The summed E-state index contributed by atoms with van der Waals surface area (Å²) in [5.41, 5.74) is -0.821. The third-order valence-electron chi connectivity index (χ3n) is 1.94. The van der Waals surface area contributed by atoms with Crippen LogP contribution in [0.1, 0.15) is 5.56 Å². The minimum Gasteiger partial charge on any atom is -0.490 e. The molecule has 0 aromatic carbocycles. The summed E-state index contributed by atoms with van der Waals surface area (Å²) in [4.78, 5) is 5.55. The molecule has 0 radical (unpaired) electrons. The Balaban J connectivity index is 2.84. The number of ether oxygens (including phenoxy) is 1. The quantitative estimate of drug-likeness (QED) is 0.799. The van der Waals surface area contributed by atoms with Crippen molar-refractivity contribution in [3.8, 4) is 5.75 Å². The molecule has 1 aromatic heterocycles. The molecule has 3 nitrogen and oxygen atoms in total. The molecule has 7 heteroatoms. The molecule has 0 saturated heterocycles. The van der Waals surface area contributed by atoms with E-state index < -0.39 is 11.7 Å². The molecule has 0 amide bonds. The molecule has 1 aromatic rings. The molecule has 0 saturated carbocycles. The van der Waals surface area contributed by atoms with Crippen molar-refractivity contribution in [3.05, 3.63) is 22.4 Å². The van der Waals surface area contributed by atoms with Gasteiger partial charge in [-0.1, -0.05) is 0 Å². The highest BCUT2D eigenvalue weighted by Gasteiger charge is 2.35. The highest BCUT2D eigenvalue weighted by molar-refractivity contribution is 9.10. The van der Waals surface area contributed by atoms with Crippen molar-refractivity contribution in [2.75, 3.05) is 27.2 Å². The number of hydrogen-bond donors (Lipinski definition) is 0. The van der Waals surface area contributed by atoms with Crippen LogP contribution in [0, 0.1) is 0 Å². The molecule has 0 fully saturated rings. The maximum Gasteiger partial charge on any atom is 0.420 e. The van der Waals surface area contributed by atoms with E-state index in [0.717, 1.165) is 12.3 Å². The van der Waals surface area contributed by atoms with E-state index in [-0.39, 0.29) is 17.0 Å². The van der Waals surface area contributed by atoms with Gasteiger partial charge < -0.3 is 9.64 Å². The Morgan fingerprint density at radius 1 is 1.41 bits per heavy atom. The van der Waals surface area contributed by atoms with Gasteiger partial charge in [0.25, 0.3) is 0 Å². The number of pyridine rings is 1. The summed E-state index contributed by atoms with van der Waals surface area (Å²) in [7, 11) is 3.63. The van der Waals surface area contributed by atoms with E-state index in [0.29, 0.717) is 6.54 Å². The van der Waals surface area contributed by atoms with Crippen molar-refractivity contribution in [2.45, 2.75) is 6.18 Å². The minimum absolute atomic E-state index is 0.129. The van der Waals surface area contributed by atoms with Crippen LogP contribution in [0.2, 0.25) is 0 Å². The van der Waals surface area contributed by atoms with Crippen LogP contribution in [0.5, 0.6) is 5.75 Å². The lowest BCUT2D eigenvalue weighted by Gasteiger charge is -2.15. The maximum atomic E-state index is 12.7. The van der Waals surface area contributed by atoms with Gasteiger partial charge in [0.15, 0.2) is 0 Å². The van der Waals surface area contributed by atoms with Crippen molar-refractivity contribution < 1.29 is 17.9 Å². The fourth-order valence-electron chi connectivity index (χ4n) is 1.09. The molecular weight excluding hydrogens is 301 g/mol. The van der Waals surface area contributed by atoms with E-state index >= 15 is 0 Å². The lowest BCUT2D eigenvalue weighted by Crippen LogP contribution is -2.20. The van der Waals surface area contributed by atoms with Crippen molar-refractivity contribution in [2.24, 2.45) is 0 Å². The summed E-state index contributed by atoms with van der Waals surface area (Å²) in [5, 5.41) is 0. The fourth-order valence-corrected chi connectivity index (χ4v) is 1.42. The zero-order valence-electron chi connectivity index (χ0n) is 9.38. The van der Waals surface area contributed by atoms with Crippen molar-refractivity contribution in [1.82, 2.24) is 9.88 Å². The Morgan fingerprint density at radius 2 is 2.06 bits per heavy atom. The smallest absolute Gasteiger partial charge is 0.420 e. The summed E-state index contributed by atoms with van der Waals surface area (Å²) < 4.78 is 43.2. The third kappa shape index (κ3) is 4.51. The van der Waals surface area contributed by atoms with Gasteiger partial charge in [0.1, 0.15) is 22.5 Å². The molecule has 0 bridgehead atoms. The van der Waals surface area contributed by atoms with Gasteiger partial charge in [0, 0.05) is 6.54 Å². The number of nitrogens with zero attached hydrogens (tertiary/aromatic N) is 2. The Kier molecular flexibility index (Phi) is 4.76. The minimum atomic E-state index is -4.45. The molecule has 17 heavy (non-hydrogen) atoms. The van der Waals surface area contributed by atoms with Crippen molar-refractivity contribution in [1.29, 1.82) is 0 Å². The largest absolute Gasteiger partial charge is 0.490 e. The van der Waals surface area contributed by atoms with Gasteiger partial charge in [-0.15, -0.1) is 0 Å². The first-order valence-corrected chi connectivity index (χ1v) is 5.60. The molecule has 0 N–H and O–H groups in total. The molecule has 0 atom stereocenters. The third-order valence-corrected chi connectivity index (χ3v) is 2.37. The van der Waals surface area contributed by atoms with Crippen LogP contribution in [0.4, 0.5) is 13.2 Å². The van der Waals surface area contributed by atoms with Crippen LogP contribution in [0.15, 0.2) is 16.9 Å². The van der Waals surface area contributed by atoms with Crippen LogP contribution in [-0.4, -0.2) is 37.1 Å². The van der Waals surface area contributed by atoms with Gasteiger partial charge in [-0.2, -0.15) is 13.2 Å². The second kappa shape index (κ2) is 5.68. The van der Waals surface area contributed by atoms with Crippen molar-refractivity contribution in [3.63, 3.8) is 0 Å². The van der Waals surface area contributed by atoms with Gasteiger partial charge in [-0.05, 0) is 36.1 Å². The number of rotatable bonds is 4. The average molecular weight is 313 g/mol. The SMILES string of the molecule is CN(C)CCOc1cnc(Br)cc1C(F)(F)F. The summed E-state index contributed by atoms with van der Waals surface area (Å²) >= 11 is 2.91. The molecule has 0 aliphatic heterocycles. The van der Waals surface area contributed by atoms with Gasteiger partial charge >= 0.3 is 6.18 Å². The van der Waals surface area contributed by atoms with Gasteiger partial charge in [0.05, 0.1) is 6.20 Å². The zero-order valence-corrected chi connectivity index (χ0v) is 11.0. The van der Waals surface area contributed by atoms with Crippen LogP contribution >= 0.6 is 15.9 Å². The summed E-state index contributed by atoms with van der Waals surface area (Å²) in [6.45, 7) is 0.715. The van der Waals surface area contributed by atoms with E-state index in [4.69, 9.17) is 4.74 Å². The van der Waals surface area contributed by atoms with E-state index in [9.17, 15) is 13.2 Å². The highest BCUT2D eigenvalue weighted by Crippen LogP contribution is 2.36. The molecular formula is C10H12BrF3N2O. The van der Waals surface area contributed by atoms with E-state index in [1.54, 1.807) is 0 Å². The number of likely N-dealkylation sites (N-methyl/N-ethyl adjacent to an activating group) is 1.